The lowest BCUT2D eigenvalue weighted by Crippen LogP contribution is -2.37. The Bertz CT molecular complexity index is 1210. The summed E-state index contributed by atoms with van der Waals surface area (Å²) in [5, 5.41) is 7.54. The minimum absolute atomic E-state index is 0.0884. The predicted molar refractivity (Wildman–Crippen MR) is 195 cm³/mol. The molecule has 1 heterocycles. The molecular weight excluding hydrogens is 556 g/mol. The van der Waals surface area contributed by atoms with Crippen molar-refractivity contribution < 1.29 is 4.74 Å². The van der Waals surface area contributed by atoms with Gasteiger partial charge in [0.25, 0.3) is 0 Å². The largest absolute Gasteiger partial charge is 0.383 e. The van der Waals surface area contributed by atoms with E-state index in [1.165, 1.54) is 22.3 Å². The average molecular weight is 619 g/mol. The van der Waals surface area contributed by atoms with Gasteiger partial charge in [0.2, 0.25) is 0 Å². The molecule has 0 saturated carbocycles. The summed E-state index contributed by atoms with van der Waals surface area (Å²) < 4.78 is 5.30. The highest BCUT2D eigenvalue weighted by Gasteiger charge is 2.23. The Hall–Kier alpha value is -3.16. The minimum atomic E-state index is 0.0884. The van der Waals surface area contributed by atoms with Crippen molar-refractivity contribution in [3.8, 4) is 0 Å². The summed E-state index contributed by atoms with van der Waals surface area (Å²) in [5.74, 6) is 2.18. The van der Waals surface area contributed by atoms with Gasteiger partial charge < -0.3 is 20.3 Å². The second-order valence-electron chi connectivity index (χ2n) is 12.2. The fourth-order valence-corrected chi connectivity index (χ4v) is 5.73. The van der Waals surface area contributed by atoms with Crippen LogP contribution in [-0.4, -0.2) is 87.9 Å². The van der Waals surface area contributed by atoms with E-state index in [2.05, 4.69) is 132 Å². The maximum atomic E-state index is 5.30. The van der Waals surface area contributed by atoms with Gasteiger partial charge in [0, 0.05) is 82.9 Å². The molecule has 1 aliphatic rings. The van der Waals surface area contributed by atoms with Crippen LogP contribution in [0.25, 0.3) is 0 Å². The Labute approximate surface area is 275 Å². The molecule has 45 heavy (non-hydrogen) atoms. The number of nitrogens with zero attached hydrogens (tertiary/aromatic N) is 4. The van der Waals surface area contributed by atoms with Gasteiger partial charge in [0.05, 0.1) is 12.4 Å². The molecular formula is C38H62N6O. The quantitative estimate of drug-likeness (QED) is 0.105. The molecule has 1 aliphatic heterocycles. The smallest absolute Gasteiger partial charge is 0.130 e. The SMILES string of the molecule is CC/C=C(\N/C(C)=C(\C)C(=NCCc1ccccc1)C(C)/C=C(C(=NCC)N(C)C)/C(C)=C/CC)N[C@H]1CCN(CCOC)C1. The molecule has 7 nitrogen and oxygen atoms in total. The molecule has 1 aromatic rings. The van der Waals surface area contributed by atoms with Crippen LogP contribution in [0.4, 0.5) is 0 Å². The molecule has 250 valence electrons. The van der Waals surface area contributed by atoms with Crippen LogP contribution in [0.3, 0.4) is 0 Å². The van der Waals surface area contributed by atoms with E-state index in [1.54, 1.807) is 7.11 Å². The lowest BCUT2D eigenvalue weighted by atomic mass is 9.92. The van der Waals surface area contributed by atoms with Crippen molar-refractivity contribution in [1.82, 2.24) is 20.4 Å². The number of ether oxygens (including phenoxy) is 1. The molecule has 1 saturated heterocycles. The van der Waals surface area contributed by atoms with E-state index >= 15 is 0 Å². The minimum Gasteiger partial charge on any atom is -0.383 e. The van der Waals surface area contributed by atoms with Crippen LogP contribution in [0.2, 0.25) is 0 Å². The molecule has 1 fully saturated rings. The van der Waals surface area contributed by atoms with E-state index in [-0.39, 0.29) is 5.92 Å². The maximum absolute atomic E-state index is 5.30. The van der Waals surface area contributed by atoms with Gasteiger partial charge in [-0.3, -0.25) is 14.9 Å². The van der Waals surface area contributed by atoms with Crippen LogP contribution < -0.4 is 10.6 Å². The summed E-state index contributed by atoms with van der Waals surface area (Å²) in [5.41, 5.74) is 7.14. The van der Waals surface area contributed by atoms with Gasteiger partial charge in [0.15, 0.2) is 0 Å². The molecule has 0 radical (unpaired) electrons. The first-order valence-electron chi connectivity index (χ1n) is 17.0. The maximum Gasteiger partial charge on any atom is 0.130 e. The number of likely N-dealkylation sites (N-methyl/N-ethyl adjacent to an activating group) is 1. The van der Waals surface area contributed by atoms with Crippen molar-refractivity contribution in [2.45, 2.75) is 80.2 Å². The third-order valence-corrected chi connectivity index (χ3v) is 8.20. The van der Waals surface area contributed by atoms with E-state index in [0.717, 1.165) is 88.1 Å². The Morgan fingerprint density at radius 1 is 1.07 bits per heavy atom. The highest BCUT2D eigenvalue weighted by atomic mass is 16.5. The van der Waals surface area contributed by atoms with Crippen LogP contribution in [0, 0.1) is 5.92 Å². The van der Waals surface area contributed by atoms with Crippen LogP contribution in [0.15, 0.2) is 86.8 Å². The third kappa shape index (κ3) is 13.0. The predicted octanol–water partition coefficient (Wildman–Crippen LogP) is 7.01. The van der Waals surface area contributed by atoms with Crippen molar-refractivity contribution in [3.63, 3.8) is 0 Å². The Kier molecular flexibility index (Phi) is 17.6. The number of allylic oxidation sites excluding steroid dienone is 5. The Morgan fingerprint density at radius 2 is 1.78 bits per heavy atom. The lowest BCUT2D eigenvalue weighted by Gasteiger charge is -2.24. The first kappa shape index (κ1) is 38.0. The standard InChI is InChI=1S/C38H62N6O/c1-11-17-29(4)35(38(39-13-3)43(8)9)27-30(5)37(40-23-21-33-19-15-14-16-20-33)31(6)32(7)41-36(18-12-2)42-34-22-24-44(28-34)25-26-45-10/h14-20,27,30,34,41-42H,11-13,21-26,28H2,1-10H3/b29-17+,32-31+,35-27-,36-18+,39-38?,40-37?/t30?,34-/m0/s1. The Balaban J connectivity index is 2.45. The van der Waals surface area contributed by atoms with Gasteiger partial charge in [-0.2, -0.15) is 0 Å². The van der Waals surface area contributed by atoms with Crippen LogP contribution >= 0.6 is 0 Å². The number of hydrogen-bond acceptors (Lipinski definition) is 6. The van der Waals surface area contributed by atoms with E-state index in [4.69, 9.17) is 14.7 Å². The molecule has 1 aromatic carbocycles. The summed E-state index contributed by atoms with van der Waals surface area (Å²) in [7, 11) is 5.93. The van der Waals surface area contributed by atoms with Crippen molar-refractivity contribution >= 4 is 11.5 Å². The molecule has 0 aliphatic carbocycles. The third-order valence-electron chi connectivity index (χ3n) is 8.20. The van der Waals surface area contributed by atoms with Crippen molar-refractivity contribution in [3.05, 3.63) is 82.4 Å². The first-order valence-corrected chi connectivity index (χ1v) is 17.0. The lowest BCUT2D eigenvalue weighted by molar-refractivity contribution is 0.160. The van der Waals surface area contributed by atoms with Crippen LogP contribution in [0.1, 0.15) is 73.3 Å². The molecule has 7 heteroatoms. The summed E-state index contributed by atoms with van der Waals surface area (Å²) >= 11 is 0. The molecule has 2 N–H and O–H groups in total. The Morgan fingerprint density at radius 3 is 2.40 bits per heavy atom. The number of amidine groups is 1. The van der Waals surface area contributed by atoms with Gasteiger partial charge >= 0.3 is 0 Å². The number of nitrogens with one attached hydrogen (secondary N) is 2. The van der Waals surface area contributed by atoms with E-state index in [9.17, 15) is 0 Å². The van der Waals surface area contributed by atoms with Crippen molar-refractivity contribution in [2.24, 2.45) is 15.9 Å². The number of benzene rings is 1. The highest BCUT2D eigenvalue weighted by molar-refractivity contribution is 6.06. The first-order chi connectivity index (χ1) is 21.6. The van der Waals surface area contributed by atoms with E-state index in [1.807, 2.05) is 0 Å². The van der Waals surface area contributed by atoms with Gasteiger partial charge in [-0.1, -0.05) is 63.3 Å². The zero-order valence-corrected chi connectivity index (χ0v) is 30.0. The molecule has 0 spiro atoms. The summed E-state index contributed by atoms with van der Waals surface area (Å²) in [6, 6.07) is 11.1. The molecule has 2 rings (SSSR count). The second-order valence-corrected chi connectivity index (χ2v) is 12.2. The van der Waals surface area contributed by atoms with Crippen LogP contribution in [-0.2, 0) is 11.2 Å². The summed E-state index contributed by atoms with van der Waals surface area (Å²) in [6.45, 7) is 20.7. The van der Waals surface area contributed by atoms with Gasteiger partial charge in [0.1, 0.15) is 5.84 Å². The molecule has 0 bridgehead atoms. The molecule has 0 amide bonds. The number of hydrogen-bond donors (Lipinski definition) is 2. The van der Waals surface area contributed by atoms with E-state index in [0.29, 0.717) is 6.04 Å². The molecule has 0 aromatic heterocycles. The van der Waals surface area contributed by atoms with Gasteiger partial charge in [-0.25, -0.2) is 0 Å². The zero-order chi connectivity index (χ0) is 33.2. The van der Waals surface area contributed by atoms with Crippen molar-refractivity contribution in [1.29, 1.82) is 0 Å². The fraction of sp³-hybridized carbons (Fsp3) is 0.579. The number of likely N-dealkylation sites (tertiary alicyclic amines) is 1. The second kappa shape index (κ2) is 20.8. The van der Waals surface area contributed by atoms with Crippen molar-refractivity contribution in [2.75, 3.05) is 60.5 Å². The van der Waals surface area contributed by atoms with Gasteiger partial charge in [-0.15, -0.1) is 0 Å². The van der Waals surface area contributed by atoms with Gasteiger partial charge in [-0.05, 0) is 76.2 Å². The van der Waals surface area contributed by atoms with Crippen LogP contribution in [0.5, 0.6) is 0 Å². The highest BCUT2D eigenvalue weighted by Crippen LogP contribution is 2.22. The zero-order valence-electron chi connectivity index (χ0n) is 30.0. The normalized spacial score (nSPS) is 18.6. The number of rotatable bonds is 18. The average Bonchev–Trinajstić information content (AvgIpc) is 3.47. The monoisotopic (exact) mass is 618 g/mol. The van der Waals surface area contributed by atoms with E-state index < -0.39 is 0 Å². The number of aliphatic imine (C=N–C) groups is 2. The summed E-state index contributed by atoms with van der Waals surface area (Å²) in [4.78, 5) is 14.8. The molecule has 1 unspecified atom stereocenters. The topological polar surface area (TPSA) is 64.5 Å². The molecule has 2 atom stereocenters. The fourth-order valence-electron chi connectivity index (χ4n) is 5.73. The number of methoxy groups -OCH3 is 1. The summed E-state index contributed by atoms with van der Waals surface area (Å²) in [6.07, 6.45) is 10.9.